The predicted octanol–water partition coefficient (Wildman–Crippen LogP) is -0.688. The number of hydrogen-bond donors (Lipinski definition) is 1. The molecule has 0 fully saturated rings. The van der Waals surface area contributed by atoms with Gasteiger partial charge in [0.15, 0.2) is 0 Å². The van der Waals surface area contributed by atoms with Gasteiger partial charge < -0.3 is 5.21 Å². The van der Waals surface area contributed by atoms with E-state index < -0.39 is 5.09 Å². The number of halogens is 1. The maximum absolute atomic E-state index is 8.36. The summed E-state index contributed by atoms with van der Waals surface area (Å²) in [5.41, 5.74) is 0. The third kappa shape index (κ3) is 124. The minimum absolute atomic E-state index is 0. The van der Waals surface area contributed by atoms with E-state index in [1.54, 1.807) is 0 Å². The second-order valence-electron chi connectivity index (χ2n) is 0.238. The third-order valence-electron chi connectivity index (χ3n) is 0. The van der Waals surface area contributed by atoms with Gasteiger partial charge in [-0.1, -0.05) is 0 Å². The van der Waals surface area contributed by atoms with Crippen molar-refractivity contribution in [3.8, 4) is 0 Å². The van der Waals surface area contributed by atoms with Gasteiger partial charge >= 0.3 is 55.1 Å². The minimum atomic E-state index is -1.50. The fourth-order valence-electron chi connectivity index (χ4n) is 0. The molecule has 0 aromatic heterocycles. The molecule has 0 spiro atoms. The molecule has 0 rings (SSSR count). The first-order chi connectivity index (χ1) is 1.73. The van der Waals surface area contributed by atoms with Crippen LogP contribution in [0.15, 0.2) is 0 Å². The smallest absolute Gasteiger partial charge is 0.328 e. The molecule has 0 aliphatic carbocycles. The molecule has 7 heteroatoms. The third-order valence-corrected chi connectivity index (χ3v) is 0. The van der Waals surface area contributed by atoms with Crippen LogP contribution >= 0.6 is 12.4 Å². The molecule has 0 aromatic rings. The van der Waals surface area contributed by atoms with E-state index in [2.05, 4.69) is 0 Å². The van der Waals surface area contributed by atoms with Crippen molar-refractivity contribution in [3.63, 3.8) is 0 Å². The minimum Gasteiger partial charge on any atom is -0.328 e. The summed E-state index contributed by atoms with van der Waals surface area (Å²) in [5.74, 6) is 0. The van der Waals surface area contributed by atoms with Crippen molar-refractivity contribution in [1.29, 1.82) is 0 Å². The van der Waals surface area contributed by atoms with Crippen molar-refractivity contribution in [2.45, 2.75) is 0 Å². The zero-order valence-corrected chi connectivity index (χ0v) is 7.58. The molecule has 0 radical (unpaired) electrons. The molecule has 0 aliphatic rings. The van der Waals surface area contributed by atoms with Crippen LogP contribution in [-0.2, 0) is 0 Å². The van der Waals surface area contributed by atoms with E-state index >= 15 is 0 Å². The molecule has 0 bridgehead atoms. The van der Waals surface area contributed by atoms with Gasteiger partial charge in [0.2, 0.25) is 0 Å². The Hall–Kier alpha value is 1.28. The van der Waals surface area contributed by atoms with Crippen LogP contribution in [0.4, 0.5) is 0 Å². The molecule has 0 saturated carbocycles. The van der Waals surface area contributed by atoms with Crippen molar-refractivity contribution >= 4 is 67.5 Å². The molecule has 0 atom stereocenters. The molecular weight excluding hydrogens is 165 g/mol. The predicted molar refractivity (Wildman–Crippen MR) is 27.5 cm³/mol. The molecule has 0 amide bonds. The first kappa shape index (κ1) is 24.0. The molecule has 7 heavy (non-hydrogen) atoms. The average Bonchev–Trinajstić information content (AvgIpc) is 0.811. The SMILES string of the molecule is Cl.O=[N+]([O-])O.[Al+3].[Ca+2]. The zero-order chi connectivity index (χ0) is 3.58. The van der Waals surface area contributed by atoms with Crippen LogP contribution < -0.4 is 0 Å². The summed E-state index contributed by atoms with van der Waals surface area (Å²) in [7, 11) is 0. The van der Waals surface area contributed by atoms with E-state index in [0.29, 0.717) is 0 Å². The zero-order valence-electron chi connectivity index (χ0n) is 3.40. The maximum Gasteiger partial charge on any atom is 3.00 e. The average molecular weight is 167 g/mol. The fourth-order valence-corrected chi connectivity index (χ4v) is 0. The Morgan fingerprint density at radius 3 is 1.57 bits per heavy atom. The summed E-state index contributed by atoms with van der Waals surface area (Å²) < 4.78 is 0. The molecule has 32 valence electrons. The Kier molecular flexibility index (Phi) is 53.6. The topological polar surface area (TPSA) is 63.4 Å². The number of rotatable bonds is 0. The van der Waals surface area contributed by atoms with Crippen LogP contribution in [-0.4, -0.2) is 65.4 Å². The Labute approximate surface area is 86.9 Å². The van der Waals surface area contributed by atoms with Gasteiger partial charge in [-0.3, -0.25) is 0 Å². The van der Waals surface area contributed by atoms with Crippen LogP contribution in [0.25, 0.3) is 0 Å². The normalized spacial score (nSPS) is 3.43. The molecular formula is H2AlCaClNO3+5. The molecule has 0 saturated heterocycles. The van der Waals surface area contributed by atoms with Crippen molar-refractivity contribution in [2.75, 3.05) is 0 Å². The largest absolute Gasteiger partial charge is 3.00 e. The van der Waals surface area contributed by atoms with E-state index in [-0.39, 0.29) is 67.5 Å². The Balaban J connectivity index is -0.0000000150. The Bertz CT molecular complexity index is 37.9. The Morgan fingerprint density at radius 1 is 1.57 bits per heavy atom. The van der Waals surface area contributed by atoms with Gasteiger partial charge in [0.1, 0.15) is 0 Å². The van der Waals surface area contributed by atoms with Gasteiger partial charge in [0.25, 0.3) is 5.09 Å². The summed E-state index contributed by atoms with van der Waals surface area (Å²) in [6, 6.07) is 0. The van der Waals surface area contributed by atoms with E-state index in [1.807, 2.05) is 0 Å². The summed E-state index contributed by atoms with van der Waals surface area (Å²) in [5, 5.41) is 13.6. The van der Waals surface area contributed by atoms with E-state index in [9.17, 15) is 0 Å². The van der Waals surface area contributed by atoms with Gasteiger partial charge in [-0.2, -0.15) is 0 Å². The first-order valence-corrected chi connectivity index (χ1v) is 0.565. The second kappa shape index (κ2) is 15.7. The van der Waals surface area contributed by atoms with Gasteiger partial charge in [-0.05, 0) is 0 Å². The van der Waals surface area contributed by atoms with Crippen LogP contribution in [0.1, 0.15) is 0 Å². The molecule has 1 N–H and O–H groups in total. The number of hydrogen-bond acceptors (Lipinski definition) is 2. The van der Waals surface area contributed by atoms with Gasteiger partial charge in [-0.25, -0.2) is 0 Å². The monoisotopic (exact) mass is 166 g/mol. The van der Waals surface area contributed by atoms with E-state index in [4.69, 9.17) is 15.3 Å². The first-order valence-electron chi connectivity index (χ1n) is 0.565. The quantitative estimate of drug-likeness (QED) is 0.294. The van der Waals surface area contributed by atoms with E-state index in [0.717, 1.165) is 0 Å². The van der Waals surface area contributed by atoms with Crippen molar-refractivity contribution in [2.24, 2.45) is 0 Å². The second-order valence-corrected chi connectivity index (χ2v) is 0.238. The van der Waals surface area contributed by atoms with Gasteiger partial charge in [-0.15, -0.1) is 22.5 Å². The number of nitrogens with zero attached hydrogens (tertiary/aromatic N) is 1. The van der Waals surface area contributed by atoms with Crippen LogP contribution in [0.5, 0.6) is 0 Å². The standard InChI is InChI=1S/Al.Ca.ClH.HNO3/c;;;2-1(3)4/h;;1H;(H,2,3,4)/q+3;+2;;. The van der Waals surface area contributed by atoms with Crippen LogP contribution in [0.3, 0.4) is 0 Å². The molecule has 0 heterocycles. The summed E-state index contributed by atoms with van der Waals surface area (Å²) in [6.07, 6.45) is 0. The van der Waals surface area contributed by atoms with Crippen molar-refractivity contribution in [1.82, 2.24) is 0 Å². The molecule has 0 aliphatic heterocycles. The van der Waals surface area contributed by atoms with Gasteiger partial charge in [0.05, 0.1) is 0 Å². The summed E-state index contributed by atoms with van der Waals surface area (Å²) in [4.78, 5) is 8.36. The summed E-state index contributed by atoms with van der Waals surface area (Å²) in [6.45, 7) is 0. The van der Waals surface area contributed by atoms with Crippen LogP contribution in [0, 0.1) is 10.1 Å². The molecule has 0 aromatic carbocycles. The van der Waals surface area contributed by atoms with Gasteiger partial charge in [0, 0.05) is 0 Å². The maximum atomic E-state index is 8.36. The van der Waals surface area contributed by atoms with E-state index in [1.165, 1.54) is 0 Å². The fraction of sp³-hybridized carbons (Fsp3) is 0. The summed E-state index contributed by atoms with van der Waals surface area (Å²) >= 11 is 0. The van der Waals surface area contributed by atoms with Crippen molar-refractivity contribution < 1.29 is 10.3 Å². The Morgan fingerprint density at radius 2 is 1.57 bits per heavy atom. The molecule has 4 nitrogen and oxygen atoms in total. The van der Waals surface area contributed by atoms with Crippen molar-refractivity contribution in [3.05, 3.63) is 10.1 Å². The van der Waals surface area contributed by atoms with Crippen LogP contribution in [0.2, 0.25) is 0 Å². The molecule has 0 unspecified atom stereocenters.